The second-order valence-corrected chi connectivity index (χ2v) is 4.20. The average Bonchev–Trinajstić information content (AvgIpc) is 2.48. The van der Waals surface area contributed by atoms with Gasteiger partial charge in [0.1, 0.15) is 11.4 Å². The van der Waals surface area contributed by atoms with Crippen molar-refractivity contribution in [3.63, 3.8) is 0 Å². The molecular weight excluding hydrogens is 254 g/mol. The molecule has 0 aliphatic heterocycles. The zero-order valence-corrected chi connectivity index (χ0v) is 12.7. The van der Waals surface area contributed by atoms with Crippen molar-refractivity contribution in [1.29, 1.82) is 0 Å². The minimum atomic E-state index is -0.293. The highest BCUT2D eigenvalue weighted by Gasteiger charge is 2.16. The zero-order chi connectivity index (χ0) is 15.0. The summed E-state index contributed by atoms with van der Waals surface area (Å²) in [6, 6.07) is 7.60. The molecule has 0 spiro atoms. The van der Waals surface area contributed by atoms with Crippen LogP contribution < -0.4 is 4.74 Å². The second-order valence-electron chi connectivity index (χ2n) is 4.20. The first-order valence-electron chi connectivity index (χ1n) is 6.94. The van der Waals surface area contributed by atoms with Gasteiger partial charge in [0.05, 0.1) is 13.7 Å². The van der Waals surface area contributed by atoms with Gasteiger partial charge in [-0.25, -0.2) is 4.79 Å². The SMILES string of the molecule is CCOC(=O)/C(=C\c1cccc(OC)c1)N(CC)CC. The molecule has 0 fully saturated rings. The van der Waals surface area contributed by atoms with Crippen molar-refractivity contribution < 1.29 is 14.3 Å². The van der Waals surface area contributed by atoms with Gasteiger partial charge in [-0.05, 0) is 44.5 Å². The number of esters is 1. The molecule has 0 heterocycles. The fourth-order valence-electron chi connectivity index (χ4n) is 1.94. The molecule has 20 heavy (non-hydrogen) atoms. The highest BCUT2D eigenvalue weighted by Crippen LogP contribution is 2.17. The summed E-state index contributed by atoms with van der Waals surface area (Å²) >= 11 is 0. The molecule has 0 aliphatic rings. The van der Waals surface area contributed by atoms with Gasteiger partial charge >= 0.3 is 5.97 Å². The van der Waals surface area contributed by atoms with Crippen molar-refractivity contribution in [1.82, 2.24) is 4.90 Å². The Kier molecular flexibility index (Phi) is 6.64. The number of hydrogen-bond donors (Lipinski definition) is 0. The van der Waals surface area contributed by atoms with Crippen LogP contribution in [0, 0.1) is 0 Å². The van der Waals surface area contributed by atoms with Gasteiger partial charge in [-0.1, -0.05) is 12.1 Å². The Morgan fingerprint density at radius 3 is 2.50 bits per heavy atom. The molecule has 4 nitrogen and oxygen atoms in total. The zero-order valence-electron chi connectivity index (χ0n) is 12.7. The van der Waals surface area contributed by atoms with Crippen LogP contribution in [0.1, 0.15) is 26.3 Å². The van der Waals surface area contributed by atoms with Crippen molar-refractivity contribution in [2.75, 3.05) is 26.8 Å². The third-order valence-corrected chi connectivity index (χ3v) is 2.99. The van der Waals surface area contributed by atoms with E-state index in [1.54, 1.807) is 7.11 Å². The van der Waals surface area contributed by atoms with E-state index in [-0.39, 0.29) is 5.97 Å². The first-order valence-corrected chi connectivity index (χ1v) is 6.94. The van der Waals surface area contributed by atoms with Crippen LogP contribution in [-0.4, -0.2) is 37.7 Å². The van der Waals surface area contributed by atoms with Crippen molar-refractivity contribution >= 4 is 12.0 Å². The maximum atomic E-state index is 12.1. The normalized spacial score (nSPS) is 11.1. The Morgan fingerprint density at radius 1 is 1.25 bits per heavy atom. The molecule has 0 radical (unpaired) electrons. The van der Waals surface area contributed by atoms with Crippen molar-refractivity contribution in [3.8, 4) is 5.75 Å². The number of ether oxygens (including phenoxy) is 2. The Hall–Kier alpha value is -1.97. The van der Waals surface area contributed by atoms with Gasteiger partial charge in [-0.2, -0.15) is 0 Å². The van der Waals surface area contributed by atoms with E-state index < -0.39 is 0 Å². The molecule has 110 valence electrons. The van der Waals surface area contributed by atoms with Crippen LogP contribution in [0.15, 0.2) is 30.0 Å². The molecular formula is C16H23NO3. The largest absolute Gasteiger partial charge is 0.497 e. The third kappa shape index (κ3) is 4.30. The molecule has 0 aliphatic carbocycles. The average molecular weight is 277 g/mol. The number of nitrogens with zero attached hydrogens (tertiary/aromatic N) is 1. The van der Waals surface area contributed by atoms with Crippen LogP contribution in [0.5, 0.6) is 5.75 Å². The number of carbonyl (C=O) groups excluding carboxylic acids is 1. The summed E-state index contributed by atoms with van der Waals surface area (Å²) in [5.74, 6) is 0.473. The topological polar surface area (TPSA) is 38.8 Å². The maximum Gasteiger partial charge on any atom is 0.354 e. The number of benzene rings is 1. The minimum Gasteiger partial charge on any atom is -0.497 e. The molecule has 1 aromatic carbocycles. The minimum absolute atomic E-state index is 0.293. The highest BCUT2D eigenvalue weighted by atomic mass is 16.5. The molecule has 0 bridgehead atoms. The fraction of sp³-hybridized carbons (Fsp3) is 0.438. The lowest BCUT2D eigenvalue weighted by atomic mass is 10.1. The van der Waals surface area contributed by atoms with E-state index in [0.717, 1.165) is 24.4 Å². The monoisotopic (exact) mass is 277 g/mol. The summed E-state index contributed by atoms with van der Waals surface area (Å²) in [6.45, 7) is 7.72. The van der Waals surface area contributed by atoms with Gasteiger partial charge in [0.25, 0.3) is 0 Å². The standard InChI is InChI=1S/C16H23NO3/c1-5-17(6-2)15(16(18)20-7-3)12-13-9-8-10-14(11-13)19-4/h8-12H,5-7H2,1-4H3/b15-12+. The molecule has 1 aromatic rings. The molecule has 0 unspecified atom stereocenters. The third-order valence-electron chi connectivity index (χ3n) is 2.99. The van der Waals surface area contributed by atoms with Crippen LogP contribution in [0.2, 0.25) is 0 Å². The van der Waals surface area contributed by atoms with Crippen molar-refractivity contribution in [2.45, 2.75) is 20.8 Å². The number of carbonyl (C=O) groups is 1. The molecule has 4 heteroatoms. The quantitative estimate of drug-likeness (QED) is 0.567. The lowest BCUT2D eigenvalue weighted by molar-refractivity contribution is -0.140. The first-order chi connectivity index (χ1) is 9.65. The Labute approximate surface area is 121 Å². The lowest BCUT2D eigenvalue weighted by Gasteiger charge is -2.23. The number of rotatable bonds is 7. The number of hydrogen-bond acceptors (Lipinski definition) is 4. The van der Waals surface area contributed by atoms with Crippen molar-refractivity contribution in [3.05, 3.63) is 35.5 Å². The number of methoxy groups -OCH3 is 1. The summed E-state index contributed by atoms with van der Waals surface area (Å²) in [6.07, 6.45) is 1.84. The fourth-order valence-corrected chi connectivity index (χ4v) is 1.94. The molecule has 0 N–H and O–H groups in total. The van der Waals surface area contributed by atoms with Crippen LogP contribution in [-0.2, 0) is 9.53 Å². The molecule has 0 amide bonds. The van der Waals surface area contributed by atoms with E-state index >= 15 is 0 Å². The molecule has 0 aromatic heterocycles. The van der Waals surface area contributed by atoms with Gasteiger partial charge in [-0.3, -0.25) is 0 Å². The Balaban J connectivity index is 3.13. The van der Waals surface area contributed by atoms with E-state index in [9.17, 15) is 4.79 Å². The summed E-state index contributed by atoms with van der Waals surface area (Å²) < 4.78 is 10.3. The van der Waals surface area contributed by atoms with Crippen LogP contribution in [0.3, 0.4) is 0 Å². The van der Waals surface area contributed by atoms with Crippen LogP contribution >= 0.6 is 0 Å². The predicted molar refractivity (Wildman–Crippen MR) is 80.5 cm³/mol. The van der Waals surface area contributed by atoms with Gasteiger partial charge in [0.15, 0.2) is 0 Å². The van der Waals surface area contributed by atoms with Gasteiger partial charge < -0.3 is 14.4 Å². The molecule has 0 atom stereocenters. The molecule has 1 rings (SSSR count). The van der Waals surface area contributed by atoms with Crippen molar-refractivity contribution in [2.24, 2.45) is 0 Å². The maximum absolute atomic E-state index is 12.1. The van der Waals surface area contributed by atoms with E-state index in [1.165, 1.54) is 0 Å². The summed E-state index contributed by atoms with van der Waals surface area (Å²) in [7, 11) is 1.62. The lowest BCUT2D eigenvalue weighted by Crippen LogP contribution is -2.28. The summed E-state index contributed by atoms with van der Waals surface area (Å²) in [5, 5.41) is 0. The molecule has 0 saturated carbocycles. The Morgan fingerprint density at radius 2 is 1.95 bits per heavy atom. The van der Waals surface area contributed by atoms with E-state index in [0.29, 0.717) is 12.3 Å². The highest BCUT2D eigenvalue weighted by molar-refractivity contribution is 5.93. The second kappa shape index (κ2) is 8.25. The van der Waals surface area contributed by atoms with Crippen LogP contribution in [0.25, 0.3) is 6.08 Å². The number of likely N-dealkylation sites (N-methyl/N-ethyl adjacent to an activating group) is 1. The predicted octanol–water partition coefficient (Wildman–Crippen LogP) is 2.94. The van der Waals surface area contributed by atoms with Gasteiger partial charge in [0.2, 0.25) is 0 Å². The Bertz CT molecular complexity index is 465. The summed E-state index contributed by atoms with van der Waals surface area (Å²) in [5.41, 5.74) is 1.49. The van der Waals surface area contributed by atoms with E-state index in [4.69, 9.17) is 9.47 Å². The smallest absolute Gasteiger partial charge is 0.354 e. The molecule has 0 saturated heterocycles. The van der Waals surface area contributed by atoms with E-state index in [1.807, 2.05) is 56.0 Å². The van der Waals surface area contributed by atoms with Gasteiger partial charge in [0, 0.05) is 13.1 Å². The van der Waals surface area contributed by atoms with E-state index in [2.05, 4.69) is 0 Å². The summed E-state index contributed by atoms with van der Waals surface area (Å²) in [4.78, 5) is 14.1. The first kappa shape index (κ1) is 16.1. The van der Waals surface area contributed by atoms with Gasteiger partial charge in [-0.15, -0.1) is 0 Å². The van der Waals surface area contributed by atoms with Crippen LogP contribution in [0.4, 0.5) is 0 Å².